The van der Waals surface area contributed by atoms with Gasteiger partial charge in [-0.05, 0) is 96.3 Å². The Morgan fingerprint density at radius 1 is 0.302 bits per heavy atom. The summed E-state index contributed by atoms with van der Waals surface area (Å²) in [6.07, 6.45) is 61.3. The fourth-order valence-corrected chi connectivity index (χ4v) is 7.90. The Morgan fingerprint density at radius 2 is 0.524 bits per heavy atom. The molecule has 0 aromatic carbocycles. The zero-order chi connectivity index (χ0) is 45.8. The SMILES string of the molecule is CCCCC/C=C\CCCCCCCC(=O)OCC(COC(=O)CCCCCCCCC/C=C\CCCCCCCCC)OC(=O)CCCCCCC/C=C\CCCCCCCC. The van der Waals surface area contributed by atoms with Gasteiger partial charge in [-0.1, -0.05) is 211 Å². The van der Waals surface area contributed by atoms with E-state index in [4.69, 9.17) is 14.2 Å². The lowest BCUT2D eigenvalue weighted by Crippen LogP contribution is -2.30. The van der Waals surface area contributed by atoms with Crippen molar-refractivity contribution < 1.29 is 28.6 Å². The summed E-state index contributed by atoms with van der Waals surface area (Å²) in [7, 11) is 0. The van der Waals surface area contributed by atoms with Crippen LogP contribution in [0.5, 0.6) is 0 Å². The van der Waals surface area contributed by atoms with Gasteiger partial charge in [0.15, 0.2) is 6.10 Å². The molecule has 0 amide bonds. The number of rotatable bonds is 50. The van der Waals surface area contributed by atoms with Crippen molar-refractivity contribution in [2.45, 2.75) is 297 Å². The highest BCUT2D eigenvalue weighted by atomic mass is 16.6. The molecule has 0 saturated heterocycles. The second kappa shape index (κ2) is 52.3. The average Bonchev–Trinajstić information content (AvgIpc) is 3.28. The summed E-state index contributed by atoms with van der Waals surface area (Å²) in [5.41, 5.74) is 0. The van der Waals surface area contributed by atoms with Crippen LogP contribution in [0.2, 0.25) is 0 Å². The van der Waals surface area contributed by atoms with Crippen LogP contribution in [0, 0.1) is 0 Å². The molecule has 0 heterocycles. The Hall–Kier alpha value is -2.37. The Labute approximate surface area is 391 Å². The van der Waals surface area contributed by atoms with Gasteiger partial charge in [0.25, 0.3) is 0 Å². The first-order chi connectivity index (χ1) is 31.0. The van der Waals surface area contributed by atoms with E-state index < -0.39 is 6.10 Å². The highest BCUT2D eigenvalue weighted by Crippen LogP contribution is 2.15. The van der Waals surface area contributed by atoms with Crippen molar-refractivity contribution in [1.82, 2.24) is 0 Å². The van der Waals surface area contributed by atoms with Crippen LogP contribution >= 0.6 is 0 Å². The zero-order valence-electron chi connectivity index (χ0n) is 42.1. The summed E-state index contributed by atoms with van der Waals surface area (Å²) in [6.45, 7) is 6.61. The van der Waals surface area contributed by atoms with Gasteiger partial charge in [0, 0.05) is 19.3 Å². The van der Waals surface area contributed by atoms with Gasteiger partial charge in [-0.3, -0.25) is 14.4 Å². The molecular weight excluding hydrogens is 781 g/mol. The molecule has 0 fully saturated rings. The van der Waals surface area contributed by atoms with Crippen molar-refractivity contribution in [3.05, 3.63) is 36.5 Å². The van der Waals surface area contributed by atoms with Gasteiger partial charge in [0.05, 0.1) is 0 Å². The Balaban J connectivity index is 4.35. The summed E-state index contributed by atoms with van der Waals surface area (Å²) in [5.74, 6) is -0.889. The molecule has 0 saturated carbocycles. The Kier molecular flexibility index (Phi) is 50.3. The van der Waals surface area contributed by atoms with E-state index in [0.29, 0.717) is 19.3 Å². The van der Waals surface area contributed by atoms with Crippen molar-refractivity contribution in [2.24, 2.45) is 0 Å². The maximum absolute atomic E-state index is 12.8. The van der Waals surface area contributed by atoms with Gasteiger partial charge in [-0.15, -0.1) is 0 Å². The minimum absolute atomic E-state index is 0.0786. The molecule has 368 valence electrons. The fourth-order valence-electron chi connectivity index (χ4n) is 7.90. The molecule has 0 spiro atoms. The molecule has 0 N–H and O–H groups in total. The number of unbranched alkanes of at least 4 members (excludes halogenated alkanes) is 33. The van der Waals surface area contributed by atoms with Crippen LogP contribution in [0.15, 0.2) is 36.5 Å². The van der Waals surface area contributed by atoms with Crippen molar-refractivity contribution >= 4 is 17.9 Å². The predicted molar refractivity (Wildman–Crippen MR) is 270 cm³/mol. The molecule has 0 radical (unpaired) electrons. The number of hydrogen-bond acceptors (Lipinski definition) is 6. The molecule has 0 rings (SSSR count). The molecule has 0 aliphatic carbocycles. The van der Waals surface area contributed by atoms with Crippen molar-refractivity contribution in [3.8, 4) is 0 Å². The Bertz CT molecular complexity index is 1060. The van der Waals surface area contributed by atoms with Gasteiger partial charge in [-0.25, -0.2) is 0 Å². The minimum Gasteiger partial charge on any atom is -0.462 e. The normalized spacial score (nSPS) is 12.2. The van der Waals surface area contributed by atoms with Crippen LogP contribution in [-0.4, -0.2) is 37.2 Å². The molecule has 1 atom stereocenters. The first-order valence-electron chi connectivity index (χ1n) is 27.5. The van der Waals surface area contributed by atoms with Crippen LogP contribution in [0.1, 0.15) is 290 Å². The van der Waals surface area contributed by atoms with E-state index >= 15 is 0 Å². The van der Waals surface area contributed by atoms with E-state index in [0.717, 1.165) is 70.6 Å². The molecule has 1 unspecified atom stereocenters. The van der Waals surface area contributed by atoms with Gasteiger partial charge in [0.1, 0.15) is 13.2 Å². The standard InChI is InChI=1S/C57H104O6/c1-4-7-10-13-16-19-22-25-27-28-29-31-32-35-38-41-44-47-50-56(59)62-53-54(52-61-55(58)49-46-43-40-37-34-24-21-18-15-12-9-6-3)63-57(60)51-48-45-42-39-36-33-30-26-23-20-17-14-11-8-5-2/h18,21,26-28,30,54H,4-17,19-20,22-25,29,31-53H2,1-3H3/b21-18-,28-27-,30-26-. The molecular formula is C57H104O6. The lowest BCUT2D eigenvalue weighted by molar-refractivity contribution is -0.167. The van der Waals surface area contributed by atoms with E-state index in [1.165, 1.54) is 180 Å². The van der Waals surface area contributed by atoms with Crippen LogP contribution in [0.4, 0.5) is 0 Å². The van der Waals surface area contributed by atoms with E-state index in [-0.39, 0.29) is 31.1 Å². The fraction of sp³-hybridized carbons (Fsp3) is 0.842. The maximum atomic E-state index is 12.8. The summed E-state index contributed by atoms with van der Waals surface area (Å²) in [5, 5.41) is 0. The third-order valence-electron chi connectivity index (χ3n) is 12.1. The van der Waals surface area contributed by atoms with Crippen LogP contribution in [0.3, 0.4) is 0 Å². The number of hydrogen-bond donors (Lipinski definition) is 0. The second-order valence-corrected chi connectivity index (χ2v) is 18.5. The quantitative estimate of drug-likeness (QED) is 0.0262. The average molecular weight is 885 g/mol. The largest absolute Gasteiger partial charge is 0.462 e. The molecule has 0 aliphatic rings. The van der Waals surface area contributed by atoms with Crippen molar-refractivity contribution in [1.29, 1.82) is 0 Å². The highest BCUT2D eigenvalue weighted by Gasteiger charge is 2.19. The molecule has 0 bridgehead atoms. The first kappa shape index (κ1) is 60.6. The van der Waals surface area contributed by atoms with E-state index in [9.17, 15) is 14.4 Å². The zero-order valence-corrected chi connectivity index (χ0v) is 42.1. The van der Waals surface area contributed by atoms with Crippen molar-refractivity contribution in [3.63, 3.8) is 0 Å². The summed E-state index contributed by atoms with van der Waals surface area (Å²) in [4.78, 5) is 38.0. The maximum Gasteiger partial charge on any atom is 0.306 e. The van der Waals surface area contributed by atoms with E-state index in [1.54, 1.807) is 0 Å². The number of ether oxygens (including phenoxy) is 3. The topological polar surface area (TPSA) is 78.9 Å². The Morgan fingerprint density at radius 3 is 0.825 bits per heavy atom. The predicted octanol–water partition coefficient (Wildman–Crippen LogP) is 18.1. The van der Waals surface area contributed by atoms with Gasteiger partial charge < -0.3 is 14.2 Å². The number of esters is 3. The molecule has 6 nitrogen and oxygen atoms in total. The second-order valence-electron chi connectivity index (χ2n) is 18.5. The van der Waals surface area contributed by atoms with Crippen LogP contribution in [0.25, 0.3) is 0 Å². The number of carbonyl (C=O) groups is 3. The monoisotopic (exact) mass is 885 g/mol. The highest BCUT2D eigenvalue weighted by molar-refractivity contribution is 5.71. The third-order valence-corrected chi connectivity index (χ3v) is 12.1. The molecule has 6 heteroatoms. The summed E-state index contributed by atoms with van der Waals surface area (Å²) in [6, 6.07) is 0. The van der Waals surface area contributed by atoms with E-state index in [1.807, 2.05) is 0 Å². The van der Waals surface area contributed by atoms with Gasteiger partial charge in [-0.2, -0.15) is 0 Å². The van der Waals surface area contributed by atoms with Gasteiger partial charge >= 0.3 is 17.9 Å². The van der Waals surface area contributed by atoms with Crippen LogP contribution < -0.4 is 0 Å². The minimum atomic E-state index is -0.779. The third kappa shape index (κ3) is 50.5. The smallest absolute Gasteiger partial charge is 0.306 e. The molecule has 0 aromatic heterocycles. The van der Waals surface area contributed by atoms with Crippen LogP contribution in [-0.2, 0) is 28.6 Å². The lowest BCUT2D eigenvalue weighted by atomic mass is 10.1. The molecule has 0 aliphatic heterocycles. The van der Waals surface area contributed by atoms with E-state index in [2.05, 4.69) is 57.2 Å². The first-order valence-corrected chi connectivity index (χ1v) is 27.5. The lowest BCUT2D eigenvalue weighted by Gasteiger charge is -2.18. The number of carbonyl (C=O) groups excluding carboxylic acids is 3. The van der Waals surface area contributed by atoms with Crippen molar-refractivity contribution in [2.75, 3.05) is 13.2 Å². The molecule has 0 aromatic rings. The van der Waals surface area contributed by atoms with Gasteiger partial charge in [0.2, 0.25) is 0 Å². The molecule has 63 heavy (non-hydrogen) atoms. The number of allylic oxidation sites excluding steroid dienone is 6. The summed E-state index contributed by atoms with van der Waals surface area (Å²) < 4.78 is 16.8. The summed E-state index contributed by atoms with van der Waals surface area (Å²) >= 11 is 0.